The van der Waals surface area contributed by atoms with E-state index in [0.29, 0.717) is 40.4 Å². The largest absolute Gasteiger partial charge is 0.465 e. The average molecular weight is 381 g/mol. The molecule has 0 unspecified atom stereocenters. The monoisotopic (exact) mass is 381 g/mol. The van der Waals surface area contributed by atoms with Gasteiger partial charge in [-0.3, -0.25) is 4.79 Å². The normalized spacial score (nSPS) is 10.7. The number of H-pyrrole nitrogens is 1. The number of rotatable bonds is 6. The van der Waals surface area contributed by atoms with Crippen molar-refractivity contribution in [1.82, 2.24) is 19.7 Å². The van der Waals surface area contributed by atoms with Crippen LogP contribution >= 0.6 is 0 Å². The lowest BCUT2D eigenvalue weighted by Crippen LogP contribution is -2.15. The van der Waals surface area contributed by atoms with E-state index in [2.05, 4.69) is 20.5 Å². The van der Waals surface area contributed by atoms with Crippen LogP contribution < -0.4 is 5.32 Å². The number of hydrogen-bond donors (Lipinski definition) is 2. The van der Waals surface area contributed by atoms with E-state index in [-0.39, 0.29) is 5.91 Å². The fraction of sp³-hybridized carbons (Fsp3) is 0.300. The Balaban J connectivity index is 1.92. The van der Waals surface area contributed by atoms with E-state index >= 15 is 0 Å². The van der Waals surface area contributed by atoms with Crippen LogP contribution in [-0.2, 0) is 18.2 Å². The van der Waals surface area contributed by atoms with Crippen molar-refractivity contribution in [3.05, 3.63) is 53.1 Å². The SMILES string of the molecule is CCCc1c(C(=O)Nc2cccc(-c3nncn3C)c2)[nH]c(C)c1C(=O)OC. The molecule has 0 bridgehead atoms. The molecule has 0 aliphatic heterocycles. The second-order valence-electron chi connectivity index (χ2n) is 6.52. The molecule has 2 heterocycles. The van der Waals surface area contributed by atoms with E-state index in [0.717, 1.165) is 12.0 Å². The van der Waals surface area contributed by atoms with Gasteiger partial charge < -0.3 is 19.6 Å². The summed E-state index contributed by atoms with van der Waals surface area (Å²) in [6, 6.07) is 7.37. The number of carbonyl (C=O) groups excluding carboxylic acids is 2. The van der Waals surface area contributed by atoms with E-state index in [1.54, 1.807) is 23.9 Å². The number of nitrogens with zero attached hydrogens (tertiary/aromatic N) is 3. The van der Waals surface area contributed by atoms with Gasteiger partial charge in [-0.05, 0) is 31.0 Å². The van der Waals surface area contributed by atoms with E-state index in [9.17, 15) is 9.59 Å². The minimum atomic E-state index is -0.444. The molecule has 0 aliphatic rings. The van der Waals surface area contributed by atoms with Gasteiger partial charge in [-0.25, -0.2) is 4.79 Å². The Bertz CT molecular complexity index is 1020. The van der Waals surface area contributed by atoms with Gasteiger partial charge in [0.1, 0.15) is 12.0 Å². The summed E-state index contributed by atoms with van der Waals surface area (Å²) in [6.45, 7) is 3.76. The Labute approximate surface area is 162 Å². The maximum Gasteiger partial charge on any atom is 0.339 e. The lowest BCUT2D eigenvalue weighted by molar-refractivity contribution is 0.0599. The molecule has 0 aliphatic carbocycles. The summed E-state index contributed by atoms with van der Waals surface area (Å²) >= 11 is 0. The lowest BCUT2D eigenvalue weighted by atomic mass is 10.0. The fourth-order valence-corrected chi connectivity index (χ4v) is 3.22. The second kappa shape index (κ2) is 8.08. The number of aryl methyl sites for hydroxylation is 2. The second-order valence-corrected chi connectivity index (χ2v) is 6.52. The van der Waals surface area contributed by atoms with Crippen molar-refractivity contribution in [2.24, 2.45) is 7.05 Å². The number of esters is 1. The van der Waals surface area contributed by atoms with Crippen LogP contribution in [0.4, 0.5) is 5.69 Å². The van der Waals surface area contributed by atoms with Gasteiger partial charge in [-0.15, -0.1) is 10.2 Å². The van der Waals surface area contributed by atoms with Crippen molar-refractivity contribution in [3.63, 3.8) is 0 Å². The number of amides is 1. The van der Waals surface area contributed by atoms with E-state index in [1.807, 2.05) is 32.2 Å². The summed E-state index contributed by atoms with van der Waals surface area (Å²) in [5, 5.41) is 10.9. The van der Waals surface area contributed by atoms with Gasteiger partial charge in [0.15, 0.2) is 5.82 Å². The molecule has 0 saturated heterocycles. The van der Waals surface area contributed by atoms with Crippen molar-refractivity contribution in [2.45, 2.75) is 26.7 Å². The Morgan fingerprint density at radius 1 is 1.32 bits per heavy atom. The molecular formula is C20H23N5O3. The third-order valence-corrected chi connectivity index (χ3v) is 4.50. The number of carbonyl (C=O) groups is 2. The number of aromatic amines is 1. The van der Waals surface area contributed by atoms with Crippen LogP contribution in [0, 0.1) is 6.92 Å². The molecule has 3 rings (SSSR count). The topological polar surface area (TPSA) is 102 Å². The van der Waals surface area contributed by atoms with Crippen LogP contribution in [0.25, 0.3) is 11.4 Å². The first-order valence-corrected chi connectivity index (χ1v) is 9.01. The molecular weight excluding hydrogens is 358 g/mol. The summed E-state index contributed by atoms with van der Waals surface area (Å²) < 4.78 is 6.68. The van der Waals surface area contributed by atoms with Crippen LogP contribution in [0.2, 0.25) is 0 Å². The first kappa shape index (κ1) is 19.3. The number of anilines is 1. The van der Waals surface area contributed by atoms with Gasteiger partial charge in [0.2, 0.25) is 0 Å². The molecule has 0 spiro atoms. The third-order valence-electron chi connectivity index (χ3n) is 4.50. The zero-order valence-electron chi connectivity index (χ0n) is 16.4. The Morgan fingerprint density at radius 3 is 2.75 bits per heavy atom. The van der Waals surface area contributed by atoms with Crippen molar-refractivity contribution >= 4 is 17.6 Å². The standard InChI is InChI=1S/C20H23N5O3/c1-5-7-15-16(20(27)28-4)12(2)22-17(15)19(26)23-14-9-6-8-13(10-14)18-24-21-11-25(18)3/h6,8-11,22H,5,7H2,1-4H3,(H,23,26). The van der Waals surface area contributed by atoms with Crippen LogP contribution in [0.1, 0.15) is 45.4 Å². The predicted octanol–water partition coefficient (Wildman–Crippen LogP) is 3.11. The third kappa shape index (κ3) is 3.66. The van der Waals surface area contributed by atoms with Gasteiger partial charge in [-0.1, -0.05) is 25.5 Å². The van der Waals surface area contributed by atoms with Crippen molar-refractivity contribution < 1.29 is 14.3 Å². The average Bonchev–Trinajstić information content (AvgIpc) is 3.25. The molecule has 8 nitrogen and oxygen atoms in total. The minimum Gasteiger partial charge on any atom is -0.465 e. The summed E-state index contributed by atoms with van der Waals surface area (Å²) in [5.74, 6) is -0.0520. The Hall–Kier alpha value is -3.42. The molecule has 3 aromatic rings. The first-order valence-electron chi connectivity index (χ1n) is 9.01. The van der Waals surface area contributed by atoms with Gasteiger partial charge in [0.05, 0.1) is 12.7 Å². The van der Waals surface area contributed by atoms with Gasteiger partial charge in [-0.2, -0.15) is 0 Å². The quantitative estimate of drug-likeness (QED) is 0.639. The number of aromatic nitrogens is 4. The van der Waals surface area contributed by atoms with Crippen LogP contribution in [0.5, 0.6) is 0 Å². The molecule has 0 radical (unpaired) electrons. The fourth-order valence-electron chi connectivity index (χ4n) is 3.22. The molecule has 0 fully saturated rings. The molecule has 2 aromatic heterocycles. The molecule has 146 valence electrons. The number of nitrogens with one attached hydrogen (secondary N) is 2. The van der Waals surface area contributed by atoms with Crippen LogP contribution in [0.3, 0.4) is 0 Å². The van der Waals surface area contributed by atoms with Crippen molar-refractivity contribution in [1.29, 1.82) is 0 Å². The highest BCUT2D eigenvalue weighted by Crippen LogP contribution is 2.24. The van der Waals surface area contributed by atoms with Crippen molar-refractivity contribution in [3.8, 4) is 11.4 Å². The number of benzene rings is 1. The molecule has 8 heteroatoms. The van der Waals surface area contributed by atoms with Crippen LogP contribution in [-0.4, -0.2) is 38.7 Å². The molecule has 28 heavy (non-hydrogen) atoms. The maximum absolute atomic E-state index is 12.9. The van der Waals surface area contributed by atoms with E-state index in [4.69, 9.17) is 4.74 Å². The van der Waals surface area contributed by atoms with Gasteiger partial charge >= 0.3 is 5.97 Å². The zero-order chi connectivity index (χ0) is 20.3. The highest BCUT2D eigenvalue weighted by molar-refractivity contribution is 6.07. The first-order chi connectivity index (χ1) is 13.5. The number of hydrogen-bond acceptors (Lipinski definition) is 5. The number of ether oxygens (including phenoxy) is 1. The van der Waals surface area contributed by atoms with E-state index < -0.39 is 5.97 Å². The molecule has 1 aromatic carbocycles. The summed E-state index contributed by atoms with van der Waals surface area (Å²) in [6.07, 6.45) is 3.01. The highest BCUT2D eigenvalue weighted by Gasteiger charge is 2.24. The summed E-state index contributed by atoms with van der Waals surface area (Å²) in [4.78, 5) is 28.1. The number of methoxy groups -OCH3 is 1. The van der Waals surface area contributed by atoms with E-state index in [1.165, 1.54) is 7.11 Å². The highest BCUT2D eigenvalue weighted by atomic mass is 16.5. The zero-order valence-corrected chi connectivity index (χ0v) is 16.4. The van der Waals surface area contributed by atoms with Crippen molar-refractivity contribution in [2.75, 3.05) is 12.4 Å². The summed E-state index contributed by atoms with van der Waals surface area (Å²) in [7, 11) is 3.19. The molecule has 1 amide bonds. The molecule has 0 saturated carbocycles. The van der Waals surface area contributed by atoms with Gasteiger partial charge in [0.25, 0.3) is 5.91 Å². The lowest BCUT2D eigenvalue weighted by Gasteiger charge is -2.09. The van der Waals surface area contributed by atoms with Crippen LogP contribution in [0.15, 0.2) is 30.6 Å². The minimum absolute atomic E-state index is 0.309. The molecule has 0 atom stereocenters. The summed E-state index contributed by atoms with van der Waals surface area (Å²) in [5.41, 5.74) is 3.57. The van der Waals surface area contributed by atoms with Gasteiger partial charge in [0, 0.05) is 24.0 Å². The Morgan fingerprint density at radius 2 is 2.11 bits per heavy atom. The predicted molar refractivity (Wildman–Crippen MR) is 105 cm³/mol. The smallest absolute Gasteiger partial charge is 0.339 e. The Kier molecular flexibility index (Phi) is 5.58. The maximum atomic E-state index is 12.9. The molecule has 2 N–H and O–H groups in total.